The standard InChI is InChI=1S/C44H51NOP/c1-11-40-38-25-24-37(29-39(38)41-26-15-32-28-30(3)14-13-27-44(40,12-2)45(41)31(32)4)47(46,35-20-16-33(17-21-35)42(5,6)7)36-22-18-34(19-23-36)43(8,9)10/h15-26,28-29,40H,11-12,14H2,1-10H3/q+1. The van der Waals surface area contributed by atoms with Crippen molar-refractivity contribution in [3.63, 3.8) is 0 Å². The predicted molar refractivity (Wildman–Crippen MR) is 201 cm³/mol. The molecular weight excluding hydrogens is 589 g/mol. The maximum atomic E-state index is 15.9. The molecule has 0 saturated carbocycles. The summed E-state index contributed by atoms with van der Waals surface area (Å²) in [7, 11) is -3.23. The molecule has 0 N–H and O–H groups in total. The molecule has 0 aliphatic carbocycles. The summed E-state index contributed by atoms with van der Waals surface area (Å²) in [6, 6.07) is 28.3. The third-order valence-corrected chi connectivity index (χ3v) is 13.7. The molecule has 2 aliphatic rings. The quantitative estimate of drug-likeness (QED) is 0.121. The lowest BCUT2D eigenvalue weighted by atomic mass is 9.70. The van der Waals surface area contributed by atoms with Gasteiger partial charge in [-0.25, -0.2) is 0 Å². The highest BCUT2D eigenvalue weighted by Gasteiger charge is 2.52. The Morgan fingerprint density at radius 3 is 1.85 bits per heavy atom. The van der Waals surface area contributed by atoms with Crippen LogP contribution >= 0.6 is 7.14 Å². The normalized spacial score (nSPS) is 19.0. The van der Waals surface area contributed by atoms with Crippen molar-refractivity contribution in [2.24, 2.45) is 0 Å². The number of fused-ring (bicyclic) bond motifs is 3. The Bertz CT molecular complexity index is 1930. The second kappa shape index (κ2) is 11.8. The zero-order chi connectivity index (χ0) is 33.9. The van der Waals surface area contributed by atoms with Gasteiger partial charge in [0.1, 0.15) is 0 Å². The van der Waals surface area contributed by atoms with Crippen molar-refractivity contribution < 1.29 is 9.13 Å². The Labute approximate surface area is 283 Å². The van der Waals surface area contributed by atoms with Crippen LogP contribution in [0.2, 0.25) is 0 Å². The Hall–Kier alpha value is -3.66. The highest BCUT2D eigenvalue weighted by Crippen LogP contribution is 2.49. The van der Waals surface area contributed by atoms with Gasteiger partial charge in [-0.05, 0) is 65.0 Å². The molecule has 3 heterocycles. The fraction of sp³-hybridized carbons (Fsp3) is 0.386. The molecule has 2 bridgehead atoms. The molecule has 2 atom stereocenters. The molecule has 0 fully saturated rings. The third kappa shape index (κ3) is 5.46. The lowest BCUT2D eigenvalue weighted by Gasteiger charge is -2.38. The van der Waals surface area contributed by atoms with Gasteiger partial charge in [-0.3, -0.25) is 0 Å². The highest BCUT2D eigenvalue weighted by atomic mass is 31.2. The summed E-state index contributed by atoms with van der Waals surface area (Å²) in [5.74, 6) is 7.64. The molecule has 0 spiro atoms. The molecule has 4 aromatic rings. The van der Waals surface area contributed by atoms with Crippen LogP contribution in [0.3, 0.4) is 0 Å². The summed E-state index contributed by atoms with van der Waals surface area (Å²) in [6.45, 7) is 22.4. The van der Waals surface area contributed by atoms with Gasteiger partial charge in [-0.1, -0.05) is 128 Å². The summed E-state index contributed by atoms with van der Waals surface area (Å²) in [4.78, 5) is 0. The summed E-state index contributed by atoms with van der Waals surface area (Å²) >= 11 is 0. The van der Waals surface area contributed by atoms with Crippen molar-refractivity contribution in [1.29, 1.82) is 0 Å². The van der Waals surface area contributed by atoms with Crippen LogP contribution in [0.1, 0.15) is 115 Å². The monoisotopic (exact) mass is 640 g/mol. The molecule has 3 aromatic carbocycles. The van der Waals surface area contributed by atoms with Crippen LogP contribution < -0.4 is 20.5 Å². The van der Waals surface area contributed by atoms with Gasteiger partial charge in [-0.2, -0.15) is 4.57 Å². The van der Waals surface area contributed by atoms with E-state index in [0.29, 0.717) is 0 Å². The number of nitrogens with zero attached hydrogens (tertiary/aromatic N) is 1. The zero-order valence-corrected chi connectivity index (χ0v) is 31.0. The highest BCUT2D eigenvalue weighted by molar-refractivity contribution is 7.85. The zero-order valence-electron chi connectivity index (χ0n) is 30.1. The van der Waals surface area contributed by atoms with Gasteiger partial charge < -0.3 is 4.57 Å². The Morgan fingerprint density at radius 2 is 1.34 bits per heavy atom. The Kier molecular flexibility index (Phi) is 8.34. The first-order chi connectivity index (χ1) is 22.1. The first-order valence-corrected chi connectivity index (χ1v) is 19.1. The fourth-order valence-electron chi connectivity index (χ4n) is 7.87. The van der Waals surface area contributed by atoms with Gasteiger partial charge in [-0.15, -0.1) is 0 Å². The van der Waals surface area contributed by atoms with E-state index in [0.717, 1.165) is 40.9 Å². The number of benzene rings is 3. The maximum Gasteiger partial charge on any atom is 0.235 e. The Balaban J connectivity index is 1.63. The van der Waals surface area contributed by atoms with Gasteiger partial charge in [0.25, 0.3) is 0 Å². The van der Waals surface area contributed by atoms with E-state index >= 15 is 4.57 Å². The van der Waals surface area contributed by atoms with E-state index in [-0.39, 0.29) is 22.3 Å². The van der Waals surface area contributed by atoms with E-state index in [1.807, 2.05) is 0 Å². The van der Waals surface area contributed by atoms with Gasteiger partial charge >= 0.3 is 0 Å². The third-order valence-electron chi connectivity index (χ3n) is 10.7. The van der Waals surface area contributed by atoms with E-state index < -0.39 is 7.14 Å². The lowest BCUT2D eigenvalue weighted by molar-refractivity contribution is -0.751. The molecule has 3 heteroatoms. The second-order valence-corrected chi connectivity index (χ2v) is 18.5. The first-order valence-electron chi connectivity index (χ1n) is 17.4. The van der Waals surface area contributed by atoms with Crippen molar-refractivity contribution in [1.82, 2.24) is 0 Å². The average Bonchev–Trinajstić information content (AvgIpc) is 3.07. The van der Waals surface area contributed by atoms with Gasteiger partial charge in [0.05, 0.1) is 11.5 Å². The number of allylic oxidation sites excluding steroid dienone is 1. The number of pyridine rings is 1. The SMILES string of the molecule is CCC1c2ccc(P(=O)(c3ccc(C(C)(C)C)cc3)c3ccc(C(C)(C)C)cc3)cc2-c2ccc3c(C)[n+]2C1(CC)C#CCC(C)=C3. The minimum absolute atomic E-state index is 0.0133. The van der Waals surface area contributed by atoms with Crippen LogP contribution in [0.15, 0.2) is 84.4 Å². The number of rotatable bonds is 5. The van der Waals surface area contributed by atoms with Crippen LogP contribution in [-0.2, 0) is 20.9 Å². The van der Waals surface area contributed by atoms with Crippen LogP contribution in [0.25, 0.3) is 17.3 Å². The number of hydrogen-bond donors (Lipinski definition) is 0. The van der Waals surface area contributed by atoms with Gasteiger partial charge in [0.15, 0.2) is 12.8 Å². The molecule has 0 amide bonds. The molecule has 2 unspecified atom stereocenters. The van der Waals surface area contributed by atoms with Gasteiger partial charge in [0, 0.05) is 47.3 Å². The maximum absolute atomic E-state index is 15.9. The molecule has 0 saturated heterocycles. The number of aromatic nitrogens is 1. The predicted octanol–water partition coefficient (Wildman–Crippen LogP) is 9.61. The first kappa shape index (κ1) is 33.2. The average molecular weight is 641 g/mol. The molecule has 242 valence electrons. The van der Waals surface area contributed by atoms with Crippen molar-refractivity contribution >= 4 is 29.1 Å². The molecule has 0 radical (unpaired) electrons. The summed E-state index contributed by atoms with van der Waals surface area (Å²) in [5.41, 5.74) is 9.58. The Morgan fingerprint density at radius 1 is 0.787 bits per heavy atom. The van der Waals surface area contributed by atoms with E-state index in [1.54, 1.807) is 0 Å². The van der Waals surface area contributed by atoms with Crippen molar-refractivity contribution in [2.75, 3.05) is 0 Å². The smallest absolute Gasteiger partial charge is 0.235 e. The summed E-state index contributed by atoms with van der Waals surface area (Å²) < 4.78 is 18.5. The van der Waals surface area contributed by atoms with E-state index in [4.69, 9.17) is 0 Å². The largest absolute Gasteiger partial charge is 0.309 e. The van der Waals surface area contributed by atoms with E-state index in [9.17, 15) is 0 Å². The molecule has 47 heavy (non-hydrogen) atoms. The van der Waals surface area contributed by atoms with E-state index in [1.165, 1.54) is 39.1 Å². The van der Waals surface area contributed by atoms with Crippen molar-refractivity contribution in [2.45, 2.75) is 111 Å². The van der Waals surface area contributed by atoms with Crippen molar-refractivity contribution in [3.8, 4) is 23.1 Å². The van der Waals surface area contributed by atoms with E-state index in [2.05, 4.69) is 171 Å². The van der Waals surface area contributed by atoms with Crippen LogP contribution in [0.4, 0.5) is 0 Å². The van der Waals surface area contributed by atoms with Crippen LogP contribution in [0, 0.1) is 18.8 Å². The molecule has 2 nitrogen and oxygen atoms in total. The fourth-order valence-corrected chi connectivity index (χ4v) is 10.5. The molecular formula is C44H51NOP+. The van der Waals surface area contributed by atoms with Crippen LogP contribution in [0.5, 0.6) is 0 Å². The molecule has 1 aromatic heterocycles. The van der Waals surface area contributed by atoms with Gasteiger partial charge in [0.2, 0.25) is 11.2 Å². The lowest BCUT2D eigenvalue weighted by Crippen LogP contribution is -2.63. The van der Waals surface area contributed by atoms with Crippen LogP contribution in [-0.4, -0.2) is 0 Å². The minimum Gasteiger partial charge on any atom is -0.309 e. The number of hydrogen-bond acceptors (Lipinski definition) is 1. The second-order valence-electron chi connectivity index (χ2n) is 15.8. The molecule has 6 rings (SSSR count). The summed E-state index contributed by atoms with van der Waals surface area (Å²) in [5, 5.41) is 2.62. The molecule has 2 aliphatic heterocycles. The topological polar surface area (TPSA) is 20.9 Å². The minimum atomic E-state index is -3.23. The van der Waals surface area contributed by atoms with Crippen molar-refractivity contribution in [3.05, 3.63) is 112 Å². The summed E-state index contributed by atoms with van der Waals surface area (Å²) in [6.07, 6.45) is 4.96.